The van der Waals surface area contributed by atoms with Gasteiger partial charge in [0.15, 0.2) is 12.4 Å². The van der Waals surface area contributed by atoms with E-state index in [0.717, 1.165) is 0 Å². The SMILES string of the molecule is COC(=O)c1cc(CN(C)C(=O)COc2ccc(C(C)=O)cc2)oc1C. The summed E-state index contributed by atoms with van der Waals surface area (Å²) < 4.78 is 15.6. The van der Waals surface area contributed by atoms with Crippen LogP contribution in [0.1, 0.15) is 39.2 Å². The lowest BCUT2D eigenvalue weighted by atomic mass is 10.1. The van der Waals surface area contributed by atoms with Crippen LogP contribution in [0.5, 0.6) is 5.75 Å². The monoisotopic (exact) mass is 359 g/mol. The average molecular weight is 359 g/mol. The molecule has 7 heteroatoms. The highest BCUT2D eigenvalue weighted by molar-refractivity contribution is 5.94. The van der Waals surface area contributed by atoms with Crippen LogP contribution in [0.4, 0.5) is 0 Å². The van der Waals surface area contributed by atoms with Gasteiger partial charge in [-0.3, -0.25) is 9.59 Å². The fourth-order valence-electron chi connectivity index (χ4n) is 2.30. The van der Waals surface area contributed by atoms with Gasteiger partial charge in [0, 0.05) is 12.6 Å². The molecule has 0 saturated heterocycles. The first-order valence-corrected chi connectivity index (χ1v) is 7.97. The number of ketones is 1. The number of amides is 1. The van der Waals surface area contributed by atoms with Gasteiger partial charge in [0.25, 0.3) is 5.91 Å². The molecule has 0 aliphatic carbocycles. The molecule has 1 heterocycles. The number of ether oxygens (including phenoxy) is 2. The molecule has 0 saturated carbocycles. The number of nitrogens with zero attached hydrogens (tertiary/aromatic N) is 1. The zero-order valence-electron chi connectivity index (χ0n) is 15.2. The van der Waals surface area contributed by atoms with Crippen LogP contribution in [0.3, 0.4) is 0 Å². The number of rotatable bonds is 7. The van der Waals surface area contributed by atoms with Crippen LogP contribution in [0.2, 0.25) is 0 Å². The Hall–Kier alpha value is -3.09. The minimum Gasteiger partial charge on any atom is -0.484 e. The summed E-state index contributed by atoms with van der Waals surface area (Å²) in [6.45, 7) is 3.18. The summed E-state index contributed by atoms with van der Waals surface area (Å²) in [6.07, 6.45) is 0. The van der Waals surface area contributed by atoms with E-state index in [9.17, 15) is 14.4 Å². The first-order chi connectivity index (χ1) is 12.3. The smallest absolute Gasteiger partial charge is 0.341 e. The molecule has 0 N–H and O–H groups in total. The Kier molecular flexibility index (Phi) is 6.16. The van der Waals surface area contributed by atoms with Crippen molar-refractivity contribution >= 4 is 17.7 Å². The molecule has 2 rings (SSSR count). The van der Waals surface area contributed by atoms with Crippen LogP contribution >= 0.6 is 0 Å². The van der Waals surface area contributed by atoms with E-state index >= 15 is 0 Å². The maximum Gasteiger partial charge on any atom is 0.341 e. The van der Waals surface area contributed by atoms with Gasteiger partial charge in [0.2, 0.25) is 0 Å². The maximum absolute atomic E-state index is 12.2. The minimum atomic E-state index is -0.483. The Morgan fingerprint density at radius 3 is 2.38 bits per heavy atom. The largest absolute Gasteiger partial charge is 0.484 e. The van der Waals surface area contributed by atoms with Crippen molar-refractivity contribution in [1.29, 1.82) is 0 Å². The number of furan rings is 1. The predicted octanol–water partition coefficient (Wildman–Crippen LogP) is 2.61. The second-order valence-corrected chi connectivity index (χ2v) is 5.79. The average Bonchev–Trinajstić information content (AvgIpc) is 2.99. The van der Waals surface area contributed by atoms with E-state index in [4.69, 9.17) is 9.15 Å². The predicted molar refractivity (Wildman–Crippen MR) is 93.2 cm³/mol. The molecular weight excluding hydrogens is 338 g/mol. The lowest BCUT2D eigenvalue weighted by molar-refractivity contribution is -0.132. The molecule has 0 aliphatic heterocycles. The molecule has 138 valence electrons. The topological polar surface area (TPSA) is 86.0 Å². The van der Waals surface area contributed by atoms with Gasteiger partial charge in [-0.1, -0.05) is 0 Å². The van der Waals surface area contributed by atoms with Gasteiger partial charge in [-0.2, -0.15) is 0 Å². The number of carbonyl (C=O) groups excluding carboxylic acids is 3. The van der Waals surface area contributed by atoms with Crippen molar-refractivity contribution in [3.05, 3.63) is 53.0 Å². The summed E-state index contributed by atoms with van der Waals surface area (Å²) in [6, 6.07) is 8.13. The maximum atomic E-state index is 12.2. The van der Waals surface area contributed by atoms with Crippen LogP contribution in [0.15, 0.2) is 34.7 Å². The van der Waals surface area contributed by atoms with Crippen molar-refractivity contribution in [1.82, 2.24) is 4.90 Å². The van der Waals surface area contributed by atoms with E-state index in [0.29, 0.717) is 28.4 Å². The molecule has 26 heavy (non-hydrogen) atoms. The van der Waals surface area contributed by atoms with Crippen molar-refractivity contribution in [2.75, 3.05) is 20.8 Å². The Morgan fingerprint density at radius 2 is 1.81 bits per heavy atom. The normalized spacial score (nSPS) is 10.3. The van der Waals surface area contributed by atoms with E-state index in [-0.39, 0.29) is 24.8 Å². The molecular formula is C19H21NO6. The number of esters is 1. The Bertz CT molecular complexity index is 806. The standard InChI is InChI=1S/C19H21NO6/c1-12(21)14-5-7-15(8-6-14)25-11-18(22)20(3)10-16-9-17(13(2)26-16)19(23)24-4/h5-9H,10-11H2,1-4H3. The van der Waals surface area contributed by atoms with E-state index in [1.54, 1.807) is 44.3 Å². The summed E-state index contributed by atoms with van der Waals surface area (Å²) in [5, 5.41) is 0. The van der Waals surface area contributed by atoms with Crippen molar-refractivity contribution in [2.45, 2.75) is 20.4 Å². The first kappa shape index (κ1) is 19.2. The molecule has 0 radical (unpaired) electrons. The Balaban J connectivity index is 1.91. The van der Waals surface area contributed by atoms with Gasteiger partial charge < -0.3 is 18.8 Å². The molecule has 0 unspecified atom stereocenters. The molecule has 1 aromatic carbocycles. The summed E-state index contributed by atoms with van der Waals surface area (Å²) in [5.41, 5.74) is 0.917. The fraction of sp³-hybridized carbons (Fsp3) is 0.316. The molecule has 2 aromatic rings. The molecule has 1 amide bonds. The number of carbonyl (C=O) groups is 3. The van der Waals surface area contributed by atoms with Crippen LogP contribution in [0.25, 0.3) is 0 Å². The summed E-state index contributed by atoms with van der Waals surface area (Å²) in [7, 11) is 2.91. The van der Waals surface area contributed by atoms with Gasteiger partial charge >= 0.3 is 5.97 Å². The number of Topliss-reactive ketones (excluding diaryl/α,β-unsaturated/α-hetero) is 1. The molecule has 0 spiro atoms. The highest BCUT2D eigenvalue weighted by atomic mass is 16.5. The highest BCUT2D eigenvalue weighted by Crippen LogP contribution is 2.17. The van der Waals surface area contributed by atoms with E-state index in [1.165, 1.54) is 18.9 Å². The second kappa shape index (κ2) is 8.33. The molecule has 0 bridgehead atoms. The van der Waals surface area contributed by atoms with E-state index < -0.39 is 5.97 Å². The Morgan fingerprint density at radius 1 is 1.15 bits per heavy atom. The fourth-order valence-corrected chi connectivity index (χ4v) is 2.30. The van der Waals surface area contributed by atoms with Gasteiger partial charge in [0.1, 0.15) is 22.8 Å². The van der Waals surface area contributed by atoms with Crippen molar-refractivity contribution < 1.29 is 28.3 Å². The number of hydrogen-bond acceptors (Lipinski definition) is 6. The van der Waals surface area contributed by atoms with Gasteiger partial charge in [0.05, 0.1) is 13.7 Å². The summed E-state index contributed by atoms with van der Waals surface area (Å²) in [4.78, 5) is 36.4. The second-order valence-electron chi connectivity index (χ2n) is 5.79. The number of benzene rings is 1. The number of aryl methyl sites for hydroxylation is 1. The number of hydrogen-bond donors (Lipinski definition) is 0. The van der Waals surface area contributed by atoms with Crippen molar-refractivity contribution in [2.24, 2.45) is 0 Å². The summed E-state index contributed by atoms with van der Waals surface area (Å²) in [5.74, 6) is 0.642. The lowest BCUT2D eigenvalue weighted by Crippen LogP contribution is -2.30. The summed E-state index contributed by atoms with van der Waals surface area (Å²) >= 11 is 0. The molecule has 1 aromatic heterocycles. The van der Waals surface area contributed by atoms with Crippen molar-refractivity contribution in [3.8, 4) is 5.75 Å². The zero-order valence-corrected chi connectivity index (χ0v) is 15.2. The lowest BCUT2D eigenvalue weighted by Gasteiger charge is -2.16. The molecule has 0 fully saturated rings. The van der Waals surface area contributed by atoms with Crippen LogP contribution in [-0.2, 0) is 16.1 Å². The van der Waals surface area contributed by atoms with Gasteiger partial charge in [-0.25, -0.2) is 4.79 Å². The third-order valence-electron chi connectivity index (χ3n) is 3.82. The van der Waals surface area contributed by atoms with Crippen LogP contribution in [0, 0.1) is 6.92 Å². The quantitative estimate of drug-likeness (QED) is 0.558. The minimum absolute atomic E-state index is 0.0348. The van der Waals surface area contributed by atoms with E-state index in [1.807, 2.05) is 0 Å². The first-order valence-electron chi connectivity index (χ1n) is 7.97. The molecule has 0 atom stereocenters. The zero-order chi connectivity index (χ0) is 19.3. The highest BCUT2D eigenvalue weighted by Gasteiger charge is 2.18. The van der Waals surface area contributed by atoms with Crippen molar-refractivity contribution in [3.63, 3.8) is 0 Å². The number of likely N-dealkylation sites (N-methyl/N-ethyl adjacent to an activating group) is 1. The molecule has 0 aliphatic rings. The van der Waals surface area contributed by atoms with Crippen LogP contribution in [-0.4, -0.2) is 43.3 Å². The van der Waals surface area contributed by atoms with Gasteiger partial charge in [-0.05, 0) is 44.2 Å². The van der Waals surface area contributed by atoms with Gasteiger partial charge in [-0.15, -0.1) is 0 Å². The third-order valence-corrected chi connectivity index (χ3v) is 3.82. The number of methoxy groups -OCH3 is 1. The Labute approximate surface area is 151 Å². The third kappa shape index (κ3) is 4.72. The van der Waals surface area contributed by atoms with Crippen LogP contribution < -0.4 is 4.74 Å². The van der Waals surface area contributed by atoms with E-state index in [2.05, 4.69) is 4.74 Å². The molecule has 7 nitrogen and oxygen atoms in total.